The monoisotopic (exact) mass is 438 g/mol. The van der Waals surface area contributed by atoms with Crippen molar-refractivity contribution in [1.82, 2.24) is 20.1 Å². The fourth-order valence-corrected chi connectivity index (χ4v) is 6.47. The van der Waals surface area contributed by atoms with Crippen LogP contribution < -0.4 is 10.1 Å². The highest BCUT2D eigenvalue weighted by Gasteiger charge is 2.42. The minimum absolute atomic E-state index is 0.0273. The molecule has 0 saturated heterocycles. The van der Waals surface area contributed by atoms with E-state index in [4.69, 9.17) is 14.6 Å². The van der Waals surface area contributed by atoms with E-state index in [2.05, 4.69) is 28.8 Å². The van der Waals surface area contributed by atoms with Gasteiger partial charge in [0.05, 0.1) is 36.7 Å². The van der Waals surface area contributed by atoms with Crippen LogP contribution in [0.4, 0.5) is 0 Å². The van der Waals surface area contributed by atoms with Gasteiger partial charge in [-0.25, -0.2) is 4.98 Å². The highest BCUT2D eigenvalue weighted by Crippen LogP contribution is 2.46. The molecule has 7 heteroatoms. The van der Waals surface area contributed by atoms with Crippen LogP contribution in [0.15, 0.2) is 12.4 Å². The molecule has 2 aliphatic carbocycles. The quantitative estimate of drug-likeness (QED) is 0.774. The molecule has 172 valence electrons. The van der Waals surface area contributed by atoms with Gasteiger partial charge >= 0.3 is 0 Å². The summed E-state index contributed by atoms with van der Waals surface area (Å²) in [6, 6.07) is 0.501. The van der Waals surface area contributed by atoms with Gasteiger partial charge in [0.25, 0.3) is 5.91 Å². The van der Waals surface area contributed by atoms with Crippen molar-refractivity contribution in [2.24, 2.45) is 0 Å². The van der Waals surface area contributed by atoms with Crippen molar-refractivity contribution in [3.8, 4) is 5.88 Å². The van der Waals surface area contributed by atoms with Gasteiger partial charge in [-0.1, -0.05) is 0 Å². The van der Waals surface area contributed by atoms with E-state index in [-0.39, 0.29) is 11.9 Å². The lowest BCUT2D eigenvalue weighted by Crippen LogP contribution is -2.48. The lowest BCUT2D eigenvalue weighted by atomic mass is 9.71. The molecule has 3 aliphatic rings. The molecule has 2 fully saturated rings. The second-order valence-electron chi connectivity index (χ2n) is 9.74. The van der Waals surface area contributed by atoms with Crippen LogP contribution in [0.3, 0.4) is 0 Å². The zero-order valence-corrected chi connectivity index (χ0v) is 19.6. The molecule has 2 aromatic rings. The molecular weight excluding hydrogens is 404 g/mol. The molecule has 0 bridgehead atoms. The predicted octanol–water partition coefficient (Wildman–Crippen LogP) is 4.20. The van der Waals surface area contributed by atoms with Crippen LogP contribution in [0, 0.1) is 13.8 Å². The Labute approximate surface area is 189 Å². The number of pyridine rings is 1. The van der Waals surface area contributed by atoms with E-state index in [1.54, 1.807) is 20.4 Å². The molecule has 5 rings (SSSR count). The summed E-state index contributed by atoms with van der Waals surface area (Å²) in [5, 5.41) is 8.05. The summed E-state index contributed by atoms with van der Waals surface area (Å²) < 4.78 is 13.2. The number of nitrogens with one attached hydrogen (secondary N) is 1. The van der Waals surface area contributed by atoms with Crippen LogP contribution in [-0.2, 0) is 4.74 Å². The molecule has 1 N–H and O–H groups in total. The summed E-state index contributed by atoms with van der Waals surface area (Å²) in [5.41, 5.74) is 5.60. The van der Waals surface area contributed by atoms with Crippen LogP contribution >= 0.6 is 0 Å². The number of aryl methyl sites for hydroxylation is 1. The Morgan fingerprint density at radius 2 is 1.84 bits per heavy atom. The maximum absolute atomic E-state index is 13.0. The maximum Gasteiger partial charge on any atom is 0.255 e. The number of carbonyl (C=O) groups excluding carboxylic acids is 1. The number of carbonyl (C=O) groups is 1. The number of rotatable bonds is 4. The molecule has 2 unspecified atom stereocenters. The first-order valence-corrected chi connectivity index (χ1v) is 11.9. The lowest BCUT2D eigenvalue weighted by molar-refractivity contribution is 0.0557. The van der Waals surface area contributed by atoms with Crippen LogP contribution in [0.1, 0.15) is 95.6 Å². The van der Waals surface area contributed by atoms with Gasteiger partial charge < -0.3 is 14.8 Å². The third-order valence-corrected chi connectivity index (χ3v) is 8.05. The smallest absolute Gasteiger partial charge is 0.255 e. The number of fused-ring (bicyclic) bond motifs is 3. The number of methoxy groups -OCH3 is 2. The van der Waals surface area contributed by atoms with Crippen molar-refractivity contribution in [1.29, 1.82) is 0 Å². The molecule has 7 nitrogen and oxygen atoms in total. The fourth-order valence-electron chi connectivity index (χ4n) is 6.47. The van der Waals surface area contributed by atoms with Crippen molar-refractivity contribution in [3.63, 3.8) is 0 Å². The van der Waals surface area contributed by atoms with E-state index in [1.807, 2.05) is 6.20 Å². The first kappa shape index (κ1) is 21.4. The van der Waals surface area contributed by atoms with Crippen molar-refractivity contribution in [2.75, 3.05) is 14.2 Å². The molecule has 1 aliphatic heterocycles. The van der Waals surface area contributed by atoms with Gasteiger partial charge in [0.2, 0.25) is 5.88 Å². The molecule has 0 spiro atoms. The minimum atomic E-state index is 0.0273. The summed E-state index contributed by atoms with van der Waals surface area (Å²) in [6.07, 6.45) is 11.4. The molecule has 32 heavy (non-hydrogen) atoms. The van der Waals surface area contributed by atoms with E-state index in [9.17, 15) is 4.79 Å². The standard InChI is InChI=1S/C25H34N4O3/c1-14-12-26-25(32-4)15(2)22(14)16-5-10-19-21(11-16)28-24(30)20-13-27-29(23(19)20)17-6-8-18(31-3)9-7-17/h12-13,16-19,21H,5-11H2,1-4H3,(H,28,30)/t16-,17?,18?,19?,21?/m1/s1. The molecular formula is C25H34N4O3. The van der Waals surface area contributed by atoms with Gasteiger partial charge in [-0.15, -0.1) is 0 Å². The lowest BCUT2D eigenvalue weighted by Gasteiger charge is -2.41. The van der Waals surface area contributed by atoms with E-state index in [0.717, 1.165) is 56.1 Å². The summed E-state index contributed by atoms with van der Waals surface area (Å²) in [4.78, 5) is 17.4. The third kappa shape index (κ3) is 3.51. The Bertz CT molecular complexity index is 1010. The number of ether oxygens (including phenoxy) is 2. The van der Waals surface area contributed by atoms with E-state index >= 15 is 0 Å². The normalized spacial score (nSPS) is 29.8. The van der Waals surface area contributed by atoms with Crippen molar-refractivity contribution in [2.45, 2.75) is 88.8 Å². The average Bonchev–Trinajstić information content (AvgIpc) is 3.25. The van der Waals surface area contributed by atoms with Gasteiger partial charge in [-0.2, -0.15) is 5.10 Å². The maximum atomic E-state index is 13.0. The molecule has 2 aromatic heterocycles. The third-order valence-electron chi connectivity index (χ3n) is 8.05. The number of hydrogen-bond acceptors (Lipinski definition) is 5. The average molecular weight is 439 g/mol. The molecule has 3 atom stereocenters. The van der Waals surface area contributed by atoms with Gasteiger partial charge in [0.15, 0.2) is 0 Å². The molecule has 0 radical (unpaired) electrons. The highest BCUT2D eigenvalue weighted by molar-refractivity contribution is 5.96. The van der Waals surface area contributed by atoms with Crippen molar-refractivity contribution in [3.05, 3.63) is 40.3 Å². The number of aromatic nitrogens is 3. The Balaban J connectivity index is 1.42. The zero-order chi connectivity index (χ0) is 22.4. The van der Waals surface area contributed by atoms with Gasteiger partial charge in [0, 0.05) is 30.8 Å². The molecule has 1 amide bonds. The topological polar surface area (TPSA) is 78.3 Å². The summed E-state index contributed by atoms with van der Waals surface area (Å²) in [6.45, 7) is 4.23. The molecule has 3 heterocycles. The van der Waals surface area contributed by atoms with Gasteiger partial charge in [0.1, 0.15) is 0 Å². The molecule has 0 aromatic carbocycles. The van der Waals surface area contributed by atoms with Crippen LogP contribution in [0.2, 0.25) is 0 Å². The van der Waals surface area contributed by atoms with E-state index in [1.165, 1.54) is 16.8 Å². The van der Waals surface area contributed by atoms with Crippen LogP contribution in [0.5, 0.6) is 5.88 Å². The van der Waals surface area contributed by atoms with Crippen LogP contribution in [-0.4, -0.2) is 47.0 Å². The van der Waals surface area contributed by atoms with Gasteiger partial charge in [-0.3, -0.25) is 9.48 Å². The van der Waals surface area contributed by atoms with E-state index in [0.29, 0.717) is 29.9 Å². The number of amides is 1. The Hall–Kier alpha value is -2.41. The second kappa shape index (κ2) is 8.50. The minimum Gasteiger partial charge on any atom is -0.481 e. The molecule has 2 saturated carbocycles. The highest BCUT2D eigenvalue weighted by atomic mass is 16.5. The largest absolute Gasteiger partial charge is 0.481 e. The number of nitrogens with zero attached hydrogens (tertiary/aromatic N) is 3. The SMILES string of the molecule is COc1ncc(C)c([C@@H]2CCC3c4c(cnn4C4CCC(OC)CC4)C(=O)NC3C2)c1C. The Kier molecular flexibility index (Phi) is 5.70. The van der Waals surface area contributed by atoms with Gasteiger partial charge in [-0.05, 0) is 75.8 Å². The summed E-state index contributed by atoms with van der Waals surface area (Å²) in [7, 11) is 3.48. The first-order chi connectivity index (χ1) is 15.5. The summed E-state index contributed by atoms with van der Waals surface area (Å²) >= 11 is 0. The van der Waals surface area contributed by atoms with E-state index < -0.39 is 0 Å². The van der Waals surface area contributed by atoms with Crippen LogP contribution in [0.25, 0.3) is 0 Å². The second-order valence-corrected chi connectivity index (χ2v) is 9.74. The number of hydrogen-bond donors (Lipinski definition) is 1. The zero-order valence-electron chi connectivity index (χ0n) is 19.6. The fraction of sp³-hybridized carbons (Fsp3) is 0.640. The first-order valence-electron chi connectivity index (χ1n) is 11.9. The van der Waals surface area contributed by atoms with Crippen molar-refractivity contribution < 1.29 is 14.3 Å². The summed E-state index contributed by atoms with van der Waals surface area (Å²) in [5.74, 6) is 1.45. The Morgan fingerprint density at radius 3 is 2.56 bits per heavy atom. The Morgan fingerprint density at radius 1 is 1.06 bits per heavy atom. The van der Waals surface area contributed by atoms with Crippen molar-refractivity contribution >= 4 is 5.91 Å². The predicted molar refractivity (Wildman–Crippen MR) is 121 cm³/mol.